The Morgan fingerprint density at radius 2 is 1.16 bits per heavy atom. The monoisotopic (exact) mass is 839 g/mol. The summed E-state index contributed by atoms with van der Waals surface area (Å²) in [4.78, 5) is 6.17. The van der Waals surface area contributed by atoms with Crippen molar-refractivity contribution in [3.63, 3.8) is 0 Å². The zero-order valence-corrected chi connectivity index (χ0v) is 30.9. The Morgan fingerprint density at radius 1 is 0.600 bits per heavy atom. The normalized spacial score (nSPS) is 12.0. The number of phenols is 2. The van der Waals surface area contributed by atoms with Gasteiger partial charge < -0.3 is 30.2 Å². The van der Waals surface area contributed by atoms with Gasteiger partial charge in [-0.15, -0.1) is 6.67 Å². The molecule has 0 atom stereocenters. The summed E-state index contributed by atoms with van der Waals surface area (Å²) in [5.41, 5.74) is 14.4. The van der Waals surface area contributed by atoms with E-state index in [9.17, 15) is 10.2 Å². The van der Waals surface area contributed by atoms with Gasteiger partial charge in [0.2, 0.25) is 0 Å². The van der Waals surface area contributed by atoms with Crippen LogP contribution in [0.25, 0.3) is 22.3 Å². The number of aryl methyl sites for hydroxylation is 4. The van der Waals surface area contributed by atoms with Crippen LogP contribution in [0.1, 0.15) is 22.3 Å². The standard InChI is InChI=1S/C43H40N4O2.Pt/c1-28-12-10-13-29(2)42(28)32-20-22-34(44-35-16-6-8-18-40(35)48)38(24-32)45(5)26-46-27-47(37-17-7-9-19-41(37)49)36-23-21-33(25-39(36)46)43-30(3)14-11-15-31(43)4;/h6-25,27,44,48-49H,5,26H2,1-4H3;/q-2;+2. The molecule has 3 N–H and O–H groups in total. The number of rotatable bonds is 8. The molecule has 0 amide bonds. The van der Waals surface area contributed by atoms with Crippen molar-refractivity contribution in [3.8, 4) is 33.8 Å². The third-order valence-electron chi connectivity index (χ3n) is 9.31. The first kappa shape index (κ1) is 34.7. The molecule has 0 radical (unpaired) electrons. The Hall–Kier alpha value is -5.19. The Kier molecular flexibility index (Phi) is 9.95. The van der Waals surface area contributed by atoms with Crippen molar-refractivity contribution in [2.24, 2.45) is 0 Å². The second-order valence-electron chi connectivity index (χ2n) is 12.7. The summed E-state index contributed by atoms with van der Waals surface area (Å²) in [7, 11) is 4.57. The Balaban J connectivity index is 0.00000432. The minimum Gasteiger partial charge on any atom is -0.510 e. The summed E-state index contributed by atoms with van der Waals surface area (Å²) >= 11 is 0. The number of nitrogens with one attached hydrogen (secondary N) is 1. The van der Waals surface area contributed by atoms with E-state index in [0.717, 1.165) is 33.9 Å². The molecule has 0 spiro atoms. The predicted octanol–water partition coefficient (Wildman–Crippen LogP) is 10.7. The molecule has 254 valence electrons. The van der Waals surface area contributed by atoms with Gasteiger partial charge in [-0.1, -0.05) is 72.8 Å². The first-order valence-electron chi connectivity index (χ1n) is 16.4. The van der Waals surface area contributed by atoms with Gasteiger partial charge in [-0.25, -0.2) is 0 Å². The third-order valence-corrected chi connectivity index (χ3v) is 9.31. The van der Waals surface area contributed by atoms with Crippen molar-refractivity contribution < 1.29 is 31.3 Å². The van der Waals surface area contributed by atoms with Gasteiger partial charge in [0.1, 0.15) is 11.5 Å². The Bertz CT molecular complexity index is 2140. The molecule has 1 aliphatic heterocycles. The second-order valence-corrected chi connectivity index (χ2v) is 12.7. The molecule has 1 aliphatic rings. The van der Waals surface area contributed by atoms with Crippen molar-refractivity contribution in [2.45, 2.75) is 27.7 Å². The van der Waals surface area contributed by atoms with Crippen molar-refractivity contribution in [1.82, 2.24) is 0 Å². The summed E-state index contributed by atoms with van der Waals surface area (Å²) < 4.78 is 0. The maximum absolute atomic E-state index is 10.9. The minimum absolute atomic E-state index is 0. The number of anilines is 6. The Morgan fingerprint density at radius 3 is 1.78 bits per heavy atom. The van der Waals surface area contributed by atoms with Gasteiger partial charge in [-0.05, 0) is 121 Å². The van der Waals surface area contributed by atoms with Crippen LogP contribution in [0, 0.1) is 41.4 Å². The van der Waals surface area contributed by atoms with Crippen LogP contribution >= 0.6 is 0 Å². The number of para-hydroxylation sites is 4. The zero-order chi connectivity index (χ0) is 34.2. The van der Waals surface area contributed by atoms with E-state index in [4.69, 9.17) is 0 Å². The van der Waals surface area contributed by atoms with E-state index in [2.05, 4.69) is 118 Å². The predicted molar refractivity (Wildman–Crippen MR) is 204 cm³/mol. The zero-order valence-electron chi connectivity index (χ0n) is 28.6. The van der Waals surface area contributed by atoms with Crippen LogP contribution in [-0.4, -0.2) is 16.9 Å². The number of aromatic hydroxyl groups is 2. The second kappa shape index (κ2) is 14.3. The van der Waals surface area contributed by atoms with Crippen molar-refractivity contribution in [1.29, 1.82) is 0 Å². The smallest absolute Gasteiger partial charge is 0.510 e. The van der Waals surface area contributed by atoms with Gasteiger partial charge >= 0.3 is 21.1 Å². The Labute approximate surface area is 309 Å². The molecule has 0 aromatic heterocycles. The van der Waals surface area contributed by atoms with Crippen molar-refractivity contribution in [2.75, 3.05) is 26.7 Å². The summed E-state index contributed by atoms with van der Waals surface area (Å²) in [6, 6.07) is 40.2. The average Bonchev–Trinajstić information content (AvgIpc) is 3.43. The molecule has 0 aliphatic carbocycles. The number of fused-ring (bicyclic) bond motifs is 1. The molecule has 0 bridgehead atoms. The fourth-order valence-electron chi connectivity index (χ4n) is 6.93. The summed E-state index contributed by atoms with van der Waals surface area (Å²) in [5, 5.41) is 25.0. The van der Waals surface area contributed by atoms with E-state index in [1.165, 1.54) is 33.4 Å². The largest absolute Gasteiger partial charge is 2.00 e. The van der Waals surface area contributed by atoms with E-state index in [1.54, 1.807) is 12.1 Å². The van der Waals surface area contributed by atoms with Gasteiger partial charge in [-0.2, -0.15) is 0 Å². The van der Waals surface area contributed by atoms with E-state index in [1.807, 2.05) is 52.9 Å². The maximum atomic E-state index is 10.9. The molecular formula is C43H40N4O2Pt. The van der Waals surface area contributed by atoms with E-state index in [0.29, 0.717) is 18.0 Å². The molecule has 7 rings (SSSR count). The molecule has 6 aromatic rings. The molecular weight excluding hydrogens is 800 g/mol. The third kappa shape index (κ3) is 6.56. The average molecular weight is 840 g/mol. The van der Waals surface area contributed by atoms with Gasteiger partial charge in [0.05, 0.1) is 17.1 Å². The fraction of sp³-hybridized carbons (Fsp3) is 0.116. The van der Waals surface area contributed by atoms with Crippen molar-refractivity contribution >= 4 is 34.1 Å². The number of hydrogen-bond acceptors (Lipinski definition) is 6. The van der Waals surface area contributed by atoms with Crippen LogP contribution in [0.3, 0.4) is 0 Å². The fourth-order valence-corrected chi connectivity index (χ4v) is 6.93. The summed E-state index contributed by atoms with van der Waals surface area (Å²) in [6.07, 6.45) is 0. The SMILES string of the molecule is [CH2-]N(CN1[CH-]N(c2ccccc2O)c2ccc(-c3c(C)cccc3C)cc21)c1cc(-c2c(C)cccc2C)ccc1Nc1ccccc1O.[Pt+2]. The van der Waals surface area contributed by atoms with Gasteiger partial charge in [-0.3, -0.25) is 7.05 Å². The molecule has 6 aromatic carbocycles. The molecule has 0 saturated heterocycles. The van der Waals surface area contributed by atoms with Crippen LogP contribution in [0.4, 0.5) is 34.1 Å². The summed E-state index contributed by atoms with van der Waals surface area (Å²) in [5.74, 6) is 0.370. The maximum Gasteiger partial charge on any atom is 2.00 e. The van der Waals surface area contributed by atoms with Gasteiger partial charge in [0.25, 0.3) is 0 Å². The van der Waals surface area contributed by atoms with E-state index in [-0.39, 0.29) is 32.6 Å². The van der Waals surface area contributed by atoms with Gasteiger partial charge in [0.15, 0.2) is 0 Å². The first-order chi connectivity index (χ1) is 23.7. The van der Waals surface area contributed by atoms with Crippen LogP contribution in [0.5, 0.6) is 11.5 Å². The molecule has 7 heteroatoms. The van der Waals surface area contributed by atoms with E-state index >= 15 is 0 Å². The number of benzene rings is 6. The van der Waals surface area contributed by atoms with Crippen LogP contribution in [-0.2, 0) is 21.1 Å². The van der Waals surface area contributed by atoms with Gasteiger partial charge in [0, 0.05) is 23.7 Å². The molecule has 0 saturated carbocycles. The molecule has 1 heterocycles. The molecule has 6 nitrogen and oxygen atoms in total. The van der Waals surface area contributed by atoms with Crippen LogP contribution in [0.2, 0.25) is 0 Å². The molecule has 50 heavy (non-hydrogen) atoms. The number of nitrogens with zero attached hydrogens (tertiary/aromatic N) is 3. The number of phenolic OH excluding ortho intramolecular Hbond substituents is 2. The van der Waals surface area contributed by atoms with Crippen molar-refractivity contribution in [3.05, 3.63) is 157 Å². The van der Waals surface area contributed by atoms with Crippen LogP contribution in [0.15, 0.2) is 121 Å². The van der Waals surface area contributed by atoms with E-state index < -0.39 is 0 Å². The molecule has 0 fully saturated rings. The first-order valence-corrected chi connectivity index (χ1v) is 16.4. The minimum atomic E-state index is 0. The topological polar surface area (TPSA) is 62.2 Å². The summed E-state index contributed by atoms with van der Waals surface area (Å²) in [6.45, 7) is 11.0. The molecule has 0 unspecified atom stereocenters. The number of hydrogen-bond donors (Lipinski definition) is 3. The quantitative estimate of drug-likeness (QED) is 0.105. The van der Waals surface area contributed by atoms with Crippen LogP contribution < -0.4 is 20.0 Å².